The molecule has 0 bridgehead atoms. The van der Waals surface area contributed by atoms with E-state index in [9.17, 15) is 9.59 Å². The van der Waals surface area contributed by atoms with Gasteiger partial charge in [-0.1, -0.05) is 23.8 Å². The summed E-state index contributed by atoms with van der Waals surface area (Å²) in [7, 11) is 4.87. The highest BCUT2D eigenvalue weighted by Gasteiger charge is 2.43. The highest BCUT2D eigenvalue weighted by molar-refractivity contribution is 7.98. The van der Waals surface area contributed by atoms with Crippen LogP contribution in [0.2, 0.25) is 0 Å². The summed E-state index contributed by atoms with van der Waals surface area (Å²) >= 11 is 1.66. The van der Waals surface area contributed by atoms with Crippen LogP contribution in [0.1, 0.15) is 65.5 Å². The Labute approximate surface area is 212 Å². The molecule has 1 aliphatic heterocycles. The molecule has 0 aromatic heterocycles. The van der Waals surface area contributed by atoms with Crippen LogP contribution in [0.3, 0.4) is 0 Å². The van der Waals surface area contributed by atoms with Crippen LogP contribution in [0.4, 0.5) is 0 Å². The van der Waals surface area contributed by atoms with Crippen molar-refractivity contribution in [1.82, 2.24) is 10.2 Å². The van der Waals surface area contributed by atoms with Gasteiger partial charge >= 0.3 is 0 Å². The summed E-state index contributed by atoms with van der Waals surface area (Å²) in [6.07, 6.45) is 9.90. The zero-order valence-electron chi connectivity index (χ0n) is 20.9. The van der Waals surface area contributed by atoms with E-state index in [-0.39, 0.29) is 11.8 Å². The second-order valence-electron chi connectivity index (χ2n) is 9.06. The number of fused-ring (bicyclic) bond motifs is 1. The van der Waals surface area contributed by atoms with Gasteiger partial charge in [0.15, 0.2) is 11.5 Å². The maximum absolute atomic E-state index is 13.8. The highest BCUT2D eigenvalue weighted by Crippen LogP contribution is 2.45. The Balaban J connectivity index is 1.72. The van der Waals surface area contributed by atoms with Gasteiger partial charge in [0, 0.05) is 24.1 Å². The Bertz CT molecular complexity index is 1110. The van der Waals surface area contributed by atoms with Crippen LogP contribution in [-0.4, -0.2) is 50.8 Å². The van der Waals surface area contributed by atoms with Crippen molar-refractivity contribution in [2.24, 2.45) is 0 Å². The number of nitrogens with one attached hydrogen (secondary N) is 1. The topological polar surface area (TPSA) is 67.9 Å². The number of nitrogens with zero attached hydrogens (tertiary/aromatic N) is 1. The zero-order chi connectivity index (χ0) is 24.9. The maximum atomic E-state index is 13.8. The lowest BCUT2D eigenvalue weighted by molar-refractivity contribution is -0.124. The number of allylic oxidation sites excluding steroid dienone is 1. The first-order chi connectivity index (χ1) is 17.0. The molecule has 2 amide bonds. The second kappa shape index (κ2) is 11.2. The molecule has 1 N–H and O–H groups in total. The molecule has 7 heteroatoms. The number of carbonyl (C=O) groups excluding carboxylic acids is 2. The van der Waals surface area contributed by atoms with Crippen molar-refractivity contribution in [2.45, 2.75) is 49.0 Å². The molecule has 186 valence electrons. The molecule has 6 nitrogen and oxygen atoms in total. The zero-order valence-corrected chi connectivity index (χ0v) is 21.7. The van der Waals surface area contributed by atoms with Gasteiger partial charge in [0.25, 0.3) is 5.91 Å². The predicted molar refractivity (Wildman–Crippen MR) is 140 cm³/mol. The van der Waals surface area contributed by atoms with E-state index in [1.165, 1.54) is 18.4 Å². The van der Waals surface area contributed by atoms with Crippen molar-refractivity contribution >= 4 is 23.6 Å². The van der Waals surface area contributed by atoms with E-state index < -0.39 is 12.0 Å². The highest BCUT2D eigenvalue weighted by atomic mass is 32.2. The Morgan fingerprint density at radius 1 is 1.11 bits per heavy atom. The monoisotopic (exact) mass is 494 g/mol. The minimum absolute atomic E-state index is 0.0897. The molecule has 0 saturated heterocycles. The number of hydrogen-bond donors (Lipinski definition) is 1. The first-order valence-corrected chi connectivity index (χ1v) is 13.3. The molecule has 0 unspecified atom stereocenters. The maximum Gasteiger partial charge on any atom is 0.254 e. The van der Waals surface area contributed by atoms with E-state index in [1.807, 2.05) is 30.5 Å². The lowest BCUT2D eigenvalue weighted by Gasteiger charge is -2.40. The normalized spacial score (nSPS) is 19.6. The van der Waals surface area contributed by atoms with Crippen LogP contribution >= 0.6 is 11.8 Å². The van der Waals surface area contributed by atoms with Gasteiger partial charge in [-0.15, -0.1) is 11.8 Å². The van der Waals surface area contributed by atoms with E-state index in [4.69, 9.17) is 9.47 Å². The van der Waals surface area contributed by atoms with Crippen molar-refractivity contribution in [3.63, 3.8) is 0 Å². The second-order valence-corrected chi connectivity index (χ2v) is 9.94. The lowest BCUT2D eigenvalue weighted by atomic mass is 9.79. The number of carbonyl (C=O) groups is 2. The third kappa shape index (κ3) is 5.20. The van der Waals surface area contributed by atoms with Crippen LogP contribution in [0.25, 0.3) is 0 Å². The molecule has 2 aromatic rings. The summed E-state index contributed by atoms with van der Waals surface area (Å²) in [5.74, 6) is 0.168. The first-order valence-electron chi connectivity index (χ1n) is 12.1. The van der Waals surface area contributed by atoms with Gasteiger partial charge in [0.2, 0.25) is 5.91 Å². The molecule has 0 fully saturated rings. The van der Waals surface area contributed by atoms with E-state index in [0.717, 1.165) is 29.7 Å². The van der Waals surface area contributed by atoms with Crippen LogP contribution < -0.4 is 14.8 Å². The van der Waals surface area contributed by atoms with Crippen molar-refractivity contribution in [3.05, 3.63) is 64.7 Å². The minimum atomic E-state index is -0.576. The summed E-state index contributed by atoms with van der Waals surface area (Å²) in [4.78, 5) is 30.0. The fourth-order valence-corrected chi connectivity index (χ4v) is 5.55. The third-order valence-corrected chi connectivity index (χ3v) is 7.79. The van der Waals surface area contributed by atoms with Gasteiger partial charge in [-0.05, 0) is 73.8 Å². The van der Waals surface area contributed by atoms with Gasteiger partial charge in [-0.2, -0.15) is 0 Å². The number of thioether (sulfide) groups is 1. The molecule has 0 radical (unpaired) electrons. The van der Waals surface area contributed by atoms with Gasteiger partial charge < -0.3 is 19.7 Å². The number of ether oxygens (including phenoxy) is 2. The molecule has 0 spiro atoms. The Morgan fingerprint density at radius 3 is 2.46 bits per heavy atom. The third-order valence-electron chi connectivity index (χ3n) is 7.04. The summed E-state index contributed by atoms with van der Waals surface area (Å²) in [5.41, 5.74) is 3.48. The average molecular weight is 495 g/mol. The molecule has 2 aliphatic rings. The molecule has 1 aliphatic carbocycles. The minimum Gasteiger partial charge on any atom is -0.493 e. The van der Waals surface area contributed by atoms with E-state index >= 15 is 0 Å². The van der Waals surface area contributed by atoms with Crippen LogP contribution in [0, 0.1) is 0 Å². The summed E-state index contributed by atoms with van der Waals surface area (Å²) in [5, 5.41) is 3.17. The number of hydrogen-bond acceptors (Lipinski definition) is 5. The van der Waals surface area contributed by atoms with E-state index in [1.54, 1.807) is 50.1 Å². The fraction of sp³-hybridized carbons (Fsp3) is 0.429. The van der Waals surface area contributed by atoms with Crippen LogP contribution in [-0.2, 0) is 4.79 Å². The molecule has 0 saturated carbocycles. The van der Waals surface area contributed by atoms with Crippen molar-refractivity contribution in [1.29, 1.82) is 0 Å². The average Bonchev–Trinajstić information content (AvgIpc) is 2.90. The predicted octanol–water partition coefficient (Wildman–Crippen LogP) is 5.34. The Kier molecular flexibility index (Phi) is 8.06. The number of likely N-dealkylation sites (N-methyl/N-ethyl adjacent to an activating group) is 1. The smallest absolute Gasteiger partial charge is 0.254 e. The molecular weight excluding hydrogens is 460 g/mol. The van der Waals surface area contributed by atoms with Gasteiger partial charge in [-0.3, -0.25) is 9.59 Å². The van der Waals surface area contributed by atoms with Gasteiger partial charge in [-0.25, -0.2) is 0 Å². The first kappa shape index (κ1) is 25.2. The number of methoxy groups -OCH3 is 2. The summed E-state index contributed by atoms with van der Waals surface area (Å²) in [6.45, 7) is 0.583. The fourth-order valence-electron chi connectivity index (χ4n) is 5.14. The van der Waals surface area contributed by atoms with Crippen LogP contribution in [0.5, 0.6) is 11.5 Å². The molecule has 35 heavy (non-hydrogen) atoms. The van der Waals surface area contributed by atoms with Crippen molar-refractivity contribution in [3.8, 4) is 11.5 Å². The van der Waals surface area contributed by atoms with Crippen molar-refractivity contribution < 1.29 is 19.1 Å². The molecule has 1 heterocycles. The van der Waals surface area contributed by atoms with Crippen LogP contribution in [0.15, 0.2) is 52.9 Å². The van der Waals surface area contributed by atoms with Crippen molar-refractivity contribution in [2.75, 3.05) is 34.1 Å². The molecule has 2 aromatic carbocycles. The quantitative estimate of drug-likeness (QED) is 0.396. The number of benzene rings is 2. The molecular formula is C28H34N2O4S. The number of amides is 2. The Hall–Kier alpha value is -2.93. The Morgan fingerprint density at radius 2 is 1.83 bits per heavy atom. The van der Waals surface area contributed by atoms with E-state index in [2.05, 4.69) is 11.4 Å². The van der Waals surface area contributed by atoms with Gasteiger partial charge in [0.1, 0.15) is 0 Å². The lowest BCUT2D eigenvalue weighted by Crippen LogP contribution is -2.45. The molecule has 4 rings (SSSR count). The SMILES string of the molecule is COc1cc2c(cc1OC)[C@@H](C(=O)NCCC1=CCCCC1)[C@H](c1ccc(SC)cc1)N(C)C2=O. The summed E-state index contributed by atoms with van der Waals surface area (Å²) in [6, 6.07) is 11.1. The molecule has 2 atom stereocenters. The largest absolute Gasteiger partial charge is 0.493 e. The standard InChI is InChI=1S/C28H34N2O4S/c1-30-26(19-10-12-20(35-4)13-11-19)25(27(31)29-15-14-18-8-6-5-7-9-18)21-16-23(33-2)24(34-3)17-22(21)28(30)32/h8,10-13,16-17,25-26H,5-7,9,14-15H2,1-4H3,(H,29,31)/t25-,26+/m1/s1. The van der Waals surface area contributed by atoms with Gasteiger partial charge in [0.05, 0.1) is 26.2 Å². The van der Waals surface area contributed by atoms with E-state index in [0.29, 0.717) is 29.2 Å². The number of rotatable bonds is 8. The summed E-state index contributed by atoms with van der Waals surface area (Å²) < 4.78 is 11.0.